The second kappa shape index (κ2) is 7.31. The Hall–Kier alpha value is -3.41. The van der Waals surface area contributed by atoms with Crippen molar-refractivity contribution in [2.24, 2.45) is 0 Å². The molecule has 142 valence electrons. The lowest BCUT2D eigenvalue weighted by molar-refractivity contribution is 0.102. The summed E-state index contributed by atoms with van der Waals surface area (Å²) in [6, 6.07) is 15.7. The van der Waals surface area contributed by atoms with Crippen molar-refractivity contribution >= 4 is 23.2 Å². The maximum atomic E-state index is 12.8. The van der Waals surface area contributed by atoms with Gasteiger partial charge in [0, 0.05) is 17.9 Å². The molecule has 1 N–H and O–H groups in total. The molecule has 0 spiro atoms. The highest BCUT2D eigenvalue weighted by Gasteiger charge is 2.29. The van der Waals surface area contributed by atoms with Gasteiger partial charge in [-0.05, 0) is 55.7 Å². The van der Waals surface area contributed by atoms with Gasteiger partial charge in [-0.1, -0.05) is 24.3 Å². The smallest absolute Gasteiger partial charge is 0.274 e. The number of hydrogen-bond acceptors (Lipinski definition) is 5. The summed E-state index contributed by atoms with van der Waals surface area (Å²) in [7, 11) is 1.58. The van der Waals surface area contributed by atoms with Crippen LogP contribution in [0.15, 0.2) is 54.7 Å². The number of carbonyl (C=O) groups is 1. The lowest BCUT2D eigenvalue weighted by Crippen LogP contribution is -2.27. The topological polar surface area (TPSA) is 67.3 Å². The number of nitrogens with one attached hydrogen (secondary N) is 1. The van der Waals surface area contributed by atoms with E-state index >= 15 is 0 Å². The van der Waals surface area contributed by atoms with Crippen LogP contribution in [-0.2, 0) is 6.42 Å². The van der Waals surface area contributed by atoms with Gasteiger partial charge >= 0.3 is 0 Å². The quantitative estimate of drug-likeness (QED) is 0.744. The predicted molar refractivity (Wildman–Crippen MR) is 109 cm³/mol. The Labute approximate surface area is 164 Å². The van der Waals surface area contributed by atoms with Gasteiger partial charge in [0.25, 0.3) is 5.91 Å². The van der Waals surface area contributed by atoms with Crippen LogP contribution in [-0.4, -0.2) is 29.0 Å². The van der Waals surface area contributed by atoms with Crippen LogP contribution in [0.5, 0.6) is 5.75 Å². The third kappa shape index (κ3) is 3.29. The van der Waals surface area contributed by atoms with Gasteiger partial charge < -0.3 is 15.0 Å². The number of para-hydroxylation sites is 1. The average Bonchev–Trinajstić information content (AvgIpc) is 3.04. The van der Waals surface area contributed by atoms with Crippen LogP contribution in [0.25, 0.3) is 0 Å². The molecule has 1 aromatic heterocycles. The highest BCUT2D eigenvalue weighted by Crippen LogP contribution is 2.36. The summed E-state index contributed by atoms with van der Waals surface area (Å²) in [6.45, 7) is 4.10. The maximum absolute atomic E-state index is 12.8. The van der Waals surface area contributed by atoms with Gasteiger partial charge in [0.2, 0.25) is 5.95 Å². The third-order valence-electron chi connectivity index (χ3n) is 4.90. The number of ether oxygens (including phenoxy) is 1. The van der Waals surface area contributed by atoms with E-state index in [0.29, 0.717) is 23.1 Å². The molecule has 1 atom stereocenters. The van der Waals surface area contributed by atoms with Crippen molar-refractivity contribution in [1.82, 2.24) is 9.97 Å². The molecule has 3 aromatic rings. The molecule has 2 heterocycles. The Balaban J connectivity index is 1.63. The van der Waals surface area contributed by atoms with E-state index < -0.39 is 0 Å². The van der Waals surface area contributed by atoms with Crippen molar-refractivity contribution < 1.29 is 9.53 Å². The number of aryl methyl sites for hydroxylation is 1. The first-order chi connectivity index (χ1) is 13.6. The van der Waals surface area contributed by atoms with Crippen molar-refractivity contribution in [3.05, 3.63) is 71.5 Å². The highest BCUT2D eigenvalue weighted by atomic mass is 16.5. The van der Waals surface area contributed by atoms with E-state index in [0.717, 1.165) is 17.7 Å². The van der Waals surface area contributed by atoms with Crippen LogP contribution in [0.4, 0.5) is 17.3 Å². The summed E-state index contributed by atoms with van der Waals surface area (Å²) in [5.41, 5.74) is 4.31. The number of aromatic nitrogens is 2. The number of fused-ring (bicyclic) bond motifs is 1. The number of carbonyl (C=O) groups excluding carboxylic acids is 1. The zero-order chi connectivity index (χ0) is 19.7. The highest BCUT2D eigenvalue weighted by molar-refractivity contribution is 6.03. The predicted octanol–water partition coefficient (Wildman–Crippen LogP) is 4.13. The zero-order valence-corrected chi connectivity index (χ0v) is 16.1. The molecule has 0 fully saturated rings. The van der Waals surface area contributed by atoms with E-state index in [1.54, 1.807) is 19.4 Å². The van der Waals surface area contributed by atoms with Crippen LogP contribution in [0.2, 0.25) is 0 Å². The summed E-state index contributed by atoms with van der Waals surface area (Å²) in [4.78, 5) is 23.9. The van der Waals surface area contributed by atoms with Crippen molar-refractivity contribution in [2.45, 2.75) is 26.3 Å². The van der Waals surface area contributed by atoms with Gasteiger partial charge in [0.1, 0.15) is 11.4 Å². The minimum Gasteiger partial charge on any atom is -0.495 e. The van der Waals surface area contributed by atoms with Crippen LogP contribution < -0.4 is 15.0 Å². The van der Waals surface area contributed by atoms with Crippen molar-refractivity contribution in [3.8, 4) is 5.75 Å². The fourth-order valence-corrected chi connectivity index (χ4v) is 3.57. The van der Waals surface area contributed by atoms with Gasteiger partial charge in [-0.2, -0.15) is 0 Å². The molecule has 6 heteroatoms. The third-order valence-corrected chi connectivity index (χ3v) is 4.90. The molecule has 6 nitrogen and oxygen atoms in total. The molecular formula is C22H22N4O2. The van der Waals surface area contributed by atoms with Gasteiger partial charge in [0.05, 0.1) is 12.8 Å². The summed E-state index contributed by atoms with van der Waals surface area (Å²) in [6.07, 6.45) is 2.55. The van der Waals surface area contributed by atoms with Crippen LogP contribution in [0, 0.1) is 6.92 Å². The van der Waals surface area contributed by atoms with Gasteiger partial charge in [-0.25, -0.2) is 9.97 Å². The fourth-order valence-electron chi connectivity index (χ4n) is 3.57. The van der Waals surface area contributed by atoms with E-state index in [2.05, 4.69) is 39.2 Å². The molecule has 0 aliphatic carbocycles. The lowest BCUT2D eigenvalue weighted by atomic mass is 10.1. The zero-order valence-electron chi connectivity index (χ0n) is 16.1. The van der Waals surface area contributed by atoms with E-state index in [-0.39, 0.29) is 11.9 Å². The number of nitrogens with zero attached hydrogens (tertiary/aromatic N) is 3. The SMILES string of the molecule is COc1ccc(C)cc1NC(=O)c1ccnc(N2c3ccccc3CC2C)n1. The fraction of sp³-hybridized carbons (Fsp3) is 0.227. The minimum atomic E-state index is -0.298. The average molecular weight is 374 g/mol. The molecule has 2 aromatic carbocycles. The molecule has 1 aliphatic heterocycles. The Morgan fingerprint density at radius 1 is 1.21 bits per heavy atom. The molecule has 1 aliphatic rings. The minimum absolute atomic E-state index is 0.229. The summed E-state index contributed by atoms with van der Waals surface area (Å²) in [5.74, 6) is 0.837. The van der Waals surface area contributed by atoms with Crippen LogP contribution in [0.1, 0.15) is 28.5 Å². The van der Waals surface area contributed by atoms with Crippen LogP contribution >= 0.6 is 0 Å². The van der Waals surface area contributed by atoms with Crippen molar-refractivity contribution in [2.75, 3.05) is 17.3 Å². The molecule has 1 unspecified atom stereocenters. The first kappa shape index (κ1) is 18.0. The lowest BCUT2D eigenvalue weighted by Gasteiger charge is -2.22. The summed E-state index contributed by atoms with van der Waals surface area (Å²) in [5, 5.41) is 2.89. The molecule has 28 heavy (non-hydrogen) atoms. The van der Waals surface area contributed by atoms with E-state index in [9.17, 15) is 4.79 Å². The number of methoxy groups -OCH3 is 1. The Morgan fingerprint density at radius 2 is 2.04 bits per heavy atom. The monoisotopic (exact) mass is 374 g/mol. The van der Waals surface area contributed by atoms with Gasteiger partial charge in [-0.3, -0.25) is 4.79 Å². The molecule has 1 amide bonds. The standard InChI is InChI=1S/C22H22N4O2/c1-14-8-9-20(28-3)18(12-14)24-21(27)17-10-11-23-22(25-17)26-15(2)13-16-6-4-5-7-19(16)26/h4-12,15H,13H2,1-3H3,(H,24,27). The largest absolute Gasteiger partial charge is 0.495 e. The second-order valence-electron chi connectivity index (χ2n) is 6.95. The molecule has 0 bridgehead atoms. The number of hydrogen-bond donors (Lipinski definition) is 1. The number of amides is 1. The second-order valence-corrected chi connectivity index (χ2v) is 6.95. The van der Waals surface area contributed by atoms with Gasteiger partial charge in [-0.15, -0.1) is 0 Å². The van der Waals surface area contributed by atoms with E-state index in [1.165, 1.54) is 5.56 Å². The molecular weight excluding hydrogens is 352 g/mol. The number of anilines is 3. The summed E-state index contributed by atoms with van der Waals surface area (Å²) < 4.78 is 5.34. The first-order valence-electron chi connectivity index (χ1n) is 9.23. The normalized spacial score (nSPS) is 15.2. The molecule has 4 rings (SSSR count). The number of rotatable bonds is 4. The maximum Gasteiger partial charge on any atom is 0.274 e. The van der Waals surface area contributed by atoms with Gasteiger partial charge in [0.15, 0.2) is 0 Å². The molecule has 0 saturated heterocycles. The van der Waals surface area contributed by atoms with Crippen molar-refractivity contribution in [1.29, 1.82) is 0 Å². The van der Waals surface area contributed by atoms with Crippen LogP contribution in [0.3, 0.4) is 0 Å². The Kier molecular flexibility index (Phi) is 4.69. The number of benzene rings is 2. The first-order valence-corrected chi connectivity index (χ1v) is 9.23. The Morgan fingerprint density at radius 3 is 2.86 bits per heavy atom. The van der Waals surface area contributed by atoms with E-state index in [1.807, 2.05) is 37.3 Å². The molecule has 0 radical (unpaired) electrons. The summed E-state index contributed by atoms with van der Waals surface area (Å²) >= 11 is 0. The van der Waals surface area contributed by atoms with Crippen molar-refractivity contribution in [3.63, 3.8) is 0 Å². The van der Waals surface area contributed by atoms with E-state index in [4.69, 9.17) is 4.74 Å². The molecule has 0 saturated carbocycles. The Bertz CT molecular complexity index is 1030.